The van der Waals surface area contributed by atoms with E-state index in [1.165, 1.54) is 43.3 Å². The summed E-state index contributed by atoms with van der Waals surface area (Å²) in [5, 5.41) is 0. The number of quaternary nitrogens is 1. The molecule has 2 aliphatic rings. The zero-order valence-corrected chi connectivity index (χ0v) is 7.19. The van der Waals surface area contributed by atoms with Crippen LogP contribution < -0.4 is 0 Å². The summed E-state index contributed by atoms with van der Waals surface area (Å²) < 4.78 is 1.28. The first-order valence-corrected chi connectivity index (χ1v) is 4.44. The molecule has 0 radical (unpaired) electrons. The minimum atomic E-state index is 0.823. The van der Waals surface area contributed by atoms with Crippen LogP contribution in [0.5, 0.6) is 0 Å². The van der Waals surface area contributed by atoms with Gasteiger partial charge >= 0.3 is 0 Å². The van der Waals surface area contributed by atoms with E-state index in [0.717, 1.165) is 5.41 Å². The van der Waals surface area contributed by atoms with Gasteiger partial charge in [-0.25, -0.2) is 0 Å². The molecule has 1 nitrogen and oxygen atoms in total. The van der Waals surface area contributed by atoms with E-state index in [0.29, 0.717) is 0 Å². The van der Waals surface area contributed by atoms with Gasteiger partial charge in [-0.15, -0.1) is 0 Å². The second kappa shape index (κ2) is 1.76. The van der Waals surface area contributed by atoms with Crippen molar-refractivity contribution >= 4 is 0 Å². The Morgan fingerprint density at radius 3 is 2.00 bits per heavy atom. The second-order valence-corrected chi connectivity index (χ2v) is 4.92. The van der Waals surface area contributed by atoms with Crippen molar-refractivity contribution in [3.63, 3.8) is 0 Å². The predicted molar refractivity (Wildman–Crippen MR) is 42.7 cm³/mol. The zero-order chi connectivity index (χ0) is 7.24. The standard InChI is InChI=1S/C9H18N/c1-10(2)7-6-9(8-10)4-3-5-9/h3-8H2,1-2H3/q+1. The van der Waals surface area contributed by atoms with E-state index in [9.17, 15) is 0 Å². The summed E-state index contributed by atoms with van der Waals surface area (Å²) in [5.41, 5.74) is 0.823. The Kier molecular flexibility index (Phi) is 1.17. The summed E-state index contributed by atoms with van der Waals surface area (Å²) in [6, 6.07) is 0. The van der Waals surface area contributed by atoms with E-state index in [1.807, 2.05) is 0 Å². The molecule has 0 amide bonds. The lowest BCUT2D eigenvalue weighted by molar-refractivity contribution is -0.881. The molecule has 10 heavy (non-hydrogen) atoms. The second-order valence-electron chi connectivity index (χ2n) is 4.92. The fourth-order valence-corrected chi connectivity index (χ4v) is 2.69. The Hall–Kier alpha value is -0.0400. The van der Waals surface area contributed by atoms with Crippen LogP contribution in [0.3, 0.4) is 0 Å². The van der Waals surface area contributed by atoms with Crippen molar-refractivity contribution in [3.05, 3.63) is 0 Å². The molecule has 0 bridgehead atoms. The molecule has 0 aromatic heterocycles. The van der Waals surface area contributed by atoms with Gasteiger partial charge < -0.3 is 4.48 Å². The molecule has 0 aromatic rings. The van der Waals surface area contributed by atoms with Gasteiger partial charge in [0.1, 0.15) is 0 Å². The molecule has 1 saturated heterocycles. The van der Waals surface area contributed by atoms with Gasteiger partial charge in [-0.3, -0.25) is 0 Å². The third-order valence-corrected chi connectivity index (χ3v) is 3.43. The SMILES string of the molecule is C[N+]1(C)CCC2(CCC2)C1. The predicted octanol–water partition coefficient (Wildman–Crippen LogP) is 1.64. The lowest BCUT2D eigenvalue weighted by Gasteiger charge is -2.37. The maximum Gasteiger partial charge on any atom is 0.0841 e. The lowest BCUT2D eigenvalue weighted by atomic mass is 9.68. The van der Waals surface area contributed by atoms with Crippen LogP contribution in [0.25, 0.3) is 0 Å². The highest BCUT2D eigenvalue weighted by molar-refractivity contribution is 4.90. The van der Waals surface area contributed by atoms with E-state index in [1.54, 1.807) is 0 Å². The summed E-state index contributed by atoms with van der Waals surface area (Å²) >= 11 is 0. The fraction of sp³-hybridized carbons (Fsp3) is 1.00. The van der Waals surface area contributed by atoms with Crippen molar-refractivity contribution in [1.29, 1.82) is 0 Å². The van der Waals surface area contributed by atoms with E-state index >= 15 is 0 Å². The van der Waals surface area contributed by atoms with Gasteiger partial charge in [-0.05, 0) is 12.8 Å². The molecule has 1 saturated carbocycles. The summed E-state index contributed by atoms with van der Waals surface area (Å²) in [6.45, 7) is 2.87. The quantitative estimate of drug-likeness (QED) is 0.449. The largest absolute Gasteiger partial charge is 0.328 e. The van der Waals surface area contributed by atoms with Gasteiger partial charge in [-0.2, -0.15) is 0 Å². The third kappa shape index (κ3) is 0.878. The topological polar surface area (TPSA) is 0 Å². The minimum absolute atomic E-state index is 0.823. The summed E-state index contributed by atoms with van der Waals surface area (Å²) in [4.78, 5) is 0. The molecule has 2 rings (SSSR count). The Morgan fingerprint density at radius 2 is 1.80 bits per heavy atom. The highest BCUT2D eigenvalue weighted by Gasteiger charge is 2.48. The Balaban J connectivity index is 2.05. The highest BCUT2D eigenvalue weighted by Crippen LogP contribution is 2.49. The minimum Gasteiger partial charge on any atom is -0.328 e. The smallest absolute Gasteiger partial charge is 0.0841 e. The first kappa shape index (κ1) is 6.66. The van der Waals surface area contributed by atoms with Crippen LogP contribution in [-0.4, -0.2) is 31.7 Å². The third-order valence-electron chi connectivity index (χ3n) is 3.43. The number of rotatable bonds is 0. The molecular weight excluding hydrogens is 122 g/mol. The normalized spacial score (nSPS) is 34.2. The Labute approximate surface area is 63.6 Å². The maximum atomic E-state index is 2.37. The van der Waals surface area contributed by atoms with Gasteiger partial charge in [0.25, 0.3) is 0 Å². The van der Waals surface area contributed by atoms with Crippen molar-refractivity contribution < 1.29 is 4.48 Å². The first-order valence-electron chi connectivity index (χ1n) is 4.44. The lowest BCUT2D eigenvalue weighted by Crippen LogP contribution is -2.41. The van der Waals surface area contributed by atoms with Gasteiger partial charge in [0.2, 0.25) is 0 Å². The van der Waals surface area contributed by atoms with Gasteiger partial charge in [0.05, 0.1) is 27.2 Å². The number of hydrogen-bond acceptors (Lipinski definition) is 0. The van der Waals surface area contributed by atoms with Crippen molar-refractivity contribution in [3.8, 4) is 0 Å². The van der Waals surface area contributed by atoms with Crippen molar-refractivity contribution in [1.82, 2.24) is 0 Å². The fourth-order valence-electron chi connectivity index (χ4n) is 2.69. The van der Waals surface area contributed by atoms with Crippen LogP contribution in [0, 0.1) is 5.41 Å². The van der Waals surface area contributed by atoms with Gasteiger partial charge in [0.15, 0.2) is 0 Å². The van der Waals surface area contributed by atoms with Crippen molar-refractivity contribution in [2.75, 3.05) is 27.2 Å². The van der Waals surface area contributed by atoms with Crippen LogP contribution in [0.15, 0.2) is 0 Å². The molecule has 0 atom stereocenters. The average molecular weight is 140 g/mol. The first-order chi connectivity index (χ1) is 4.62. The Bertz CT molecular complexity index is 145. The van der Waals surface area contributed by atoms with Crippen LogP contribution in [0.2, 0.25) is 0 Å². The zero-order valence-electron chi connectivity index (χ0n) is 7.19. The van der Waals surface area contributed by atoms with Gasteiger partial charge in [-0.1, -0.05) is 6.42 Å². The molecule has 58 valence electrons. The summed E-state index contributed by atoms with van der Waals surface area (Å²) in [7, 11) is 4.74. The molecule has 1 aliphatic heterocycles. The highest BCUT2D eigenvalue weighted by atomic mass is 15.3. The molecule has 2 fully saturated rings. The molecule has 1 aliphatic carbocycles. The molecule has 0 unspecified atom stereocenters. The number of hydrogen-bond donors (Lipinski definition) is 0. The summed E-state index contributed by atoms with van der Waals surface area (Å²) in [5.74, 6) is 0. The Morgan fingerprint density at radius 1 is 1.10 bits per heavy atom. The number of likely N-dealkylation sites (tertiary alicyclic amines) is 1. The van der Waals surface area contributed by atoms with E-state index in [4.69, 9.17) is 0 Å². The number of nitrogens with zero attached hydrogens (tertiary/aromatic N) is 1. The van der Waals surface area contributed by atoms with E-state index in [2.05, 4.69) is 14.1 Å². The molecule has 1 heteroatoms. The monoisotopic (exact) mass is 140 g/mol. The van der Waals surface area contributed by atoms with Crippen molar-refractivity contribution in [2.45, 2.75) is 25.7 Å². The average Bonchev–Trinajstić information content (AvgIpc) is 2.04. The molecule has 0 N–H and O–H groups in total. The molecule has 0 aromatic carbocycles. The molecule has 1 heterocycles. The maximum absolute atomic E-state index is 2.37. The van der Waals surface area contributed by atoms with E-state index < -0.39 is 0 Å². The van der Waals surface area contributed by atoms with E-state index in [-0.39, 0.29) is 0 Å². The molecule has 1 spiro atoms. The van der Waals surface area contributed by atoms with Crippen LogP contribution >= 0.6 is 0 Å². The summed E-state index contributed by atoms with van der Waals surface area (Å²) in [6.07, 6.45) is 6.04. The van der Waals surface area contributed by atoms with Crippen molar-refractivity contribution in [2.24, 2.45) is 5.41 Å². The molecular formula is C9H18N+. The van der Waals surface area contributed by atoms with Crippen LogP contribution in [0.4, 0.5) is 0 Å². The van der Waals surface area contributed by atoms with Gasteiger partial charge in [0, 0.05) is 11.8 Å². The van der Waals surface area contributed by atoms with Crippen LogP contribution in [0.1, 0.15) is 25.7 Å². The van der Waals surface area contributed by atoms with Crippen LogP contribution in [-0.2, 0) is 0 Å².